The molecule has 222 valence electrons. The number of nitrogens with two attached hydrogens (primary N) is 1. The third-order valence-corrected chi connectivity index (χ3v) is 5.89. The van der Waals surface area contributed by atoms with E-state index in [0.29, 0.717) is 0 Å². The van der Waals surface area contributed by atoms with Crippen molar-refractivity contribution < 1.29 is 72.1 Å². The van der Waals surface area contributed by atoms with Crippen LogP contribution in [0.1, 0.15) is 34.1 Å². The Morgan fingerprint density at radius 1 is 0.769 bits per heavy atom. The van der Waals surface area contributed by atoms with Crippen LogP contribution in [0.5, 0.6) is 0 Å². The Hall–Kier alpha value is -2.89. The van der Waals surface area contributed by atoms with Crippen molar-refractivity contribution in [3.05, 3.63) is 0 Å². The quantitative estimate of drug-likeness (QED) is 0.176. The topological polar surface area (TPSA) is 226 Å². The van der Waals surface area contributed by atoms with Gasteiger partial charge in [-0.05, 0) is 0 Å². The maximum Gasteiger partial charge on any atom is 0.303 e. The number of aliphatic hydroxyl groups excluding tert-OH is 2. The van der Waals surface area contributed by atoms with Crippen molar-refractivity contribution in [2.24, 2.45) is 11.7 Å². The predicted molar refractivity (Wildman–Crippen MR) is 123 cm³/mol. The molecule has 0 aromatic carbocycles. The van der Waals surface area contributed by atoms with Gasteiger partial charge in [-0.15, -0.1) is 0 Å². The standard InChI is InChI=1S/C23H35NO15/c1-9(26)33-8-15-19(18(34-10(2)27)13(6-16(24)30)22(32-5)38-15)39-23-21(36-12(4)29)20(35-11(3)28)17(31)14(7-25)37-23/h13-15,17-23,25,31H,6-8H2,1-5H3,(H2,24,30)/t13-,14+,15+,17-,18+,19+,20-,21+,22-,23-/m0/s1. The molecule has 1 amide bonds. The summed E-state index contributed by atoms with van der Waals surface area (Å²) >= 11 is 0. The Morgan fingerprint density at radius 2 is 1.31 bits per heavy atom. The Labute approximate surface area is 223 Å². The molecule has 2 saturated heterocycles. The molecule has 0 aromatic heterocycles. The largest absolute Gasteiger partial charge is 0.463 e. The number of carbonyl (C=O) groups is 5. The van der Waals surface area contributed by atoms with Crippen molar-refractivity contribution in [1.82, 2.24) is 0 Å². The van der Waals surface area contributed by atoms with Crippen LogP contribution in [0.15, 0.2) is 0 Å². The van der Waals surface area contributed by atoms with Crippen LogP contribution in [-0.2, 0) is 61.9 Å². The van der Waals surface area contributed by atoms with Gasteiger partial charge < -0.3 is 53.8 Å². The maximum atomic E-state index is 12.1. The normalized spacial score (nSPS) is 34.4. The molecule has 39 heavy (non-hydrogen) atoms. The zero-order valence-electron chi connectivity index (χ0n) is 22.2. The number of primary amides is 1. The summed E-state index contributed by atoms with van der Waals surface area (Å²) < 4.78 is 44.0. The molecule has 16 nitrogen and oxygen atoms in total. The molecular weight excluding hydrogens is 530 g/mol. The summed E-state index contributed by atoms with van der Waals surface area (Å²) in [5.41, 5.74) is 5.40. The summed E-state index contributed by atoms with van der Waals surface area (Å²) in [6.07, 6.45) is -13.2. The summed E-state index contributed by atoms with van der Waals surface area (Å²) in [5.74, 6) is -4.97. The van der Waals surface area contributed by atoms with Crippen LogP contribution in [0, 0.1) is 5.92 Å². The van der Waals surface area contributed by atoms with E-state index in [9.17, 15) is 34.2 Å². The molecule has 0 radical (unpaired) electrons. The maximum absolute atomic E-state index is 12.1. The monoisotopic (exact) mass is 565 g/mol. The van der Waals surface area contributed by atoms with Crippen molar-refractivity contribution in [2.75, 3.05) is 20.3 Å². The molecule has 0 unspecified atom stereocenters. The lowest BCUT2D eigenvalue weighted by atomic mass is 9.87. The van der Waals surface area contributed by atoms with Crippen molar-refractivity contribution in [2.45, 2.75) is 89.4 Å². The van der Waals surface area contributed by atoms with Gasteiger partial charge in [0.05, 0.1) is 12.5 Å². The molecule has 0 bridgehead atoms. The first-order chi connectivity index (χ1) is 18.3. The Kier molecular flexibility index (Phi) is 12.0. The van der Waals surface area contributed by atoms with Crippen LogP contribution < -0.4 is 5.73 Å². The number of amides is 1. The number of methoxy groups -OCH3 is 1. The molecular formula is C23H35NO15. The van der Waals surface area contributed by atoms with Gasteiger partial charge in [-0.3, -0.25) is 24.0 Å². The van der Waals surface area contributed by atoms with E-state index < -0.39 is 104 Å². The number of hydrogen-bond donors (Lipinski definition) is 3. The van der Waals surface area contributed by atoms with Gasteiger partial charge in [0.15, 0.2) is 24.8 Å². The fraction of sp³-hybridized carbons (Fsp3) is 0.783. The van der Waals surface area contributed by atoms with Crippen LogP contribution >= 0.6 is 0 Å². The Morgan fingerprint density at radius 3 is 1.79 bits per heavy atom. The fourth-order valence-electron chi connectivity index (χ4n) is 4.43. The first-order valence-corrected chi connectivity index (χ1v) is 12.0. The number of aliphatic hydroxyl groups is 2. The van der Waals surface area contributed by atoms with E-state index >= 15 is 0 Å². The number of carbonyl (C=O) groups excluding carboxylic acids is 5. The smallest absolute Gasteiger partial charge is 0.303 e. The molecule has 2 heterocycles. The minimum absolute atomic E-state index is 0.385. The molecule has 0 spiro atoms. The lowest BCUT2D eigenvalue weighted by Gasteiger charge is -2.48. The lowest BCUT2D eigenvalue weighted by molar-refractivity contribution is -0.353. The van der Waals surface area contributed by atoms with E-state index in [0.717, 1.165) is 27.7 Å². The molecule has 0 aromatic rings. The van der Waals surface area contributed by atoms with Crippen LogP contribution in [0.25, 0.3) is 0 Å². The van der Waals surface area contributed by atoms with E-state index in [2.05, 4.69) is 0 Å². The summed E-state index contributed by atoms with van der Waals surface area (Å²) in [5, 5.41) is 20.4. The minimum Gasteiger partial charge on any atom is -0.463 e. The van der Waals surface area contributed by atoms with Crippen molar-refractivity contribution in [3.8, 4) is 0 Å². The van der Waals surface area contributed by atoms with Crippen molar-refractivity contribution in [3.63, 3.8) is 0 Å². The highest BCUT2D eigenvalue weighted by atomic mass is 16.8. The second-order valence-electron chi connectivity index (χ2n) is 8.95. The Bertz CT molecular complexity index is 897. The second-order valence-corrected chi connectivity index (χ2v) is 8.95. The van der Waals surface area contributed by atoms with Crippen molar-refractivity contribution in [1.29, 1.82) is 0 Å². The van der Waals surface area contributed by atoms with Crippen LogP contribution in [0.4, 0.5) is 0 Å². The lowest BCUT2D eigenvalue weighted by Crippen LogP contribution is -2.65. The minimum atomic E-state index is -1.65. The highest BCUT2D eigenvalue weighted by molar-refractivity contribution is 5.74. The third-order valence-electron chi connectivity index (χ3n) is 5.89. The van der Waals surface area contributed by atoms with E-state index in [1.165, 1.54) is 7.11 Å². The SMILES string of the molecule is CO[C@H]1O[C@H](COC(C)=O)[C@@H](O[C@@H]2O[C@H](CO)[C@H](O)[C@H](OC(C)=O)[C@H]2OC(C)=O)[C@H](OC(C)=O)[C@@H]1CC(N)=O. The summed E-state index contributed by atoms with van der Waals surface area (Å²) in [7, 11) is 1.27. The van der Waals surface area contributed by atoms with E-state index in [1.54, 1.807) is 0 Å². The van der Waals surface area contributed by atoms with Gasteiger partial charge in [0.1, 0.15) is 37.1 Å². The van der Waals surface area contributed by atoms with Gasteiger partial charge in [-0.25, -0.2) is 0 Å². The van der Waals surface area contributed by atoms with E-state index in [1.807, 2.05) is 0 Å². The Balaban J connectivity index is 2.57. The molecule has 2 aliphatic rings. The van der Waals surface area contributed by atoms with Crippen molar-refractivity contribution >= 4 is 29.8 Å². The first-order valence-electron chi connectivity index (χ1n) is 12.0. The number of rotatable bonds is 11. The number of esters is 4. The zero-order chi connectivity index (χ0) is 29.4. The van der Waals surface area contributed by atoms with Gasteiger partial charge in [0.25, 0.3) is 0 Å². The summed E-state index contributed by atoms with van der Waals surface area (Å²) in [4.78, 5) is 59.2. The highest BCUT2D eigenvalue weighted by Gasteiger charge is 2.55. The molecule has 0 saturated carbocycles. The van der Waals surface area contributed by atoms with Gasteiger partial charge in [0.2, 0.25) is 5.91 Å². The van der Waals surface area contributed by atoms with Crippen LogP contribution in [0.2, 0.25) is 0 Å². The molecule has 2 aliphatic heterocycles. The molecule has 10 atom stereocenters. The highest BCUT2D eigenvalue weighted by Crippen LogP contribution is 2.36. The average Bonchev–Trinajstić information content (AvgIpc) is 2.82. The van der Waals surface area contributed by atoms with Gasteiger partial charge in [0, 0.05) is 41.2 Å². The molecule has 16 heteroatoms. The first kappa shape index (κ1) is 32.3. The van der Waals surface area contributed by atoms with Crippen LogP contribution in [0.3, 0.4) is 0 Å². The molecule has 4 N–H and O–H groups in total. The average molecular weight is 566 g/mol. The van der Waals surface area contributed by atoms with Gasteiger partial charge in [-0.1, -0.05) is 0 Å². The summed E-state index contributed by atoms with van der Waals surface area (Å²) in [6, 6.07) is 0. The van der Waals surface area contributed by atoms with E-state index in [4.69, 9.17) is 43.6 Å². The predicted octanol–water partition coefficient (Wildman–Crippen LogP) is -2.33. The van der Waals surface area contributed by atoms with E-state index in [-0.39, 0.29) is 6.42 Å². The summed E-state index contributed by atoms with van der Waals surface area (Å²) in [6.45, 7) is 3.15. The molecule has 0 aliphatic carbocycles. The molecule has 2 rings (SSSR count). The molecule has 2 fully saturated rings. The van der Waals surface area contributed by atoms with Gasteiger partial charge >= 0.3 is 23.9 Å². The fourth-order valence-corrected chi connectivity index (χ4v) is 4.43. The number of hydrogen-bond acceptors (Lipinski definition) is 15. The number of ether oxygens (including phenoxy) is 8. The third kappa shape index (κ3) is 8.81. The van der Waals surface area contributed by atoms with Crippen LogP contribution in [-0.4, -0.2) is 116 Å². The zero-order valence-corrected chi connectivity index (χ0v) is 22.2. The second kappa shape index (κ2) is 14.5. The van der Waals surface area contributed by atoms with Gasteiger partial charge in [-0.2, -0.15) is 0 Å².